The Morgan fingerprint density at radius 2 is 1.94 bits per heavy atom. The molecule has 0 aliphatic heterocycles. The van der Waals surface area contributed by atoms with Crippen molar-refractivity contribution in [1.82, 2.24) is 15.0 Å². The van der Waals surface area contributed by atoms with Crippen molar-refractivity contribution >= 4 is 15.9 Å². The Morgan fingerprint density at radius 1 is 1.19 bits per heavy atom. The van der Waals surface area contributed by atoms with E-state index in [4.69, 9.17) is 0 Å². The van der Waals surface area contributed by atoms with Crippen LogP contribution in [-0.2, 0) is 12.8 Å². The van der Waals surface area contributed by atoms with Crippen molar-refractivity contribution in [2.24, 2.45) is 0 Å². The van der Waals surface area contributed by atoms with Crippen LogP contribution >= 0.6 is 15.9 Å². The van der Waals surface area contributed by atoms with Crippen LogP contribution in [0.1, 0.15) is 24.0 Å². The molecule has 2 aromatic rings. The number of rotatable bonds is 3. The molecule has 0 N–H and O–H groups in total. The van der Waals surface area contributed by atoms with E-state index in [9.17, 15) is 0 Å². The molecule has 0 fully saturated rings. The van der Waals surface area contributed by atoms with Crippen molar-refractivity contribution in [1.29, 1.82) is 0 Å². The van der Waals surface area contributed by atoms with Gasteiger partial charge in [0.15, 0.2) is 0 Å². The molecule has 0 aliphatic rings. The van der Waals surface area contributed by atoms with Crippen LogP contribution in [0.25, 0.3) is 0 Å². The summed E-state index contributed by atoms with van der Waals surface area (Å²) >= 11 is 3.40. The van der Waals surface area contributed by atoms with E-state index in [1.165, 1.54) is 5.56 Å². The lowest BCUT2D eigenvalue weighted by Crippen LogP contribution is -1.99. The van der Waals surface area contributed by atoms with Gasteiger partial charge >= 0.3 is 0 Å². The average molecular weight is 278 g/mol. The van der Waals surface area contributed by atoms with Gasteiger partial charge in [-0.15, -0.1) is 0 Å². The summed E-state index contributed by atoms with van der Waals surface area (Å²) < 4.78 is 0.850. The minimum absolute atomic E-state index is 0.816. The topological polar surface area (TPSA) is 38.7 Å². The molecule has 2 aromatic heterocycles. The summed E-state index contributed by atoms with van der Waals surface area (Å²) in [6.45, 7) is 2.05. The average Bonchev–Trinajstić information content (AvgIpc) is 2.29. The number of hydrogen-bond acceptors (Lipinski definition) is 3. The number of nitrogens with zero attached hydrogens (tertiary/aromatic N) is 3. The number of halogens is 1. The normalized spacial score (nSPS) is 10.4. The molecule has 0 spiro atoms. The van der Waals surface area contributed by atoms with Crippen molar-refractivity contribution in [3.05, 3.63) is 52.3 Å². The Balaban J connectivity index is 2.24. The predicted octanol–water partition coefficient (Wildman–Crippen LogP) is 2.79. The van der Waals surface area contributed by atoms with Crippen molar-refractivity contribution in [2.75, 3.05) is 0 Å². The molecule has 0 saturated heterocycles. The summed E-state index contributed by atoms with van der Waals surface area (Å²) in [5.41, 5.74) is 2.24. The van der Waals surface area contributed by atoms with Gasteiger partial charge in [-0.2, -0.15) is 0 Å². The molecular formula is C12H12BrN3. The Bertz CT molecular complexity index is 471. The molecule has 0 radical (unpaired) electrons. The van der Waals surface area contributed by atoms with Crippen LogP contribution in [0.15, 0.2) is 35.2 Å². The molecule has 0 bridgehead atoms. The minimum Gasteiger partial charge on any atom is -0.265 e. The number of hydrogen-bond donors (Lipinski definition) is 0. The van der Waals surface area contributed by atoms with Gasteiger partial charge in [0.05, 0.1) is 0 Å². The van der Waals surface area contributed by atoms with Gasteiger partial charge in [0.2, 0.25) is 0 Å². The molecule has 0 atom stereocenters. The van der Waals surface area contributed by atoms with Gasteiger partial charge in [0, 0.05) is 30.9 Å². The summed E-state index contributed by atoms with van der Waals surface area (Å²) in [6.07, 6.45) is 5.26. The summed E-state index contributed by atoms with van der Waals surface area (Å²) in [5.74, 6) is 0.874. The second kappa shape index (κ2) is 5.16. The van der Waals surface area contributed by atoms with E-state index in [0.717, 1.165) is 29.0 Å². The maximum Gasteiger partial charge on any atom is 0.129 e. The van der Waals surface area contributed by atoms with E-state index in [-0.39, 0.29) is 0 Å². The van der Waals surface area contributed by atoms with Crippen molar-refractivity contribution < 1.29 is 0 Å². The summed E-state index contributed by atoms with van der Waals surface area (Å²) in [7, 11) is 0. The summed E-state index contributed by atoms with van der Waals surface area (Å²) in [5, 5.41) is 0. The minimum atomic E-state index is 0.816. The fraction of sp³-hybridized carbons (Fsp3) is 0.250. The first-order valence-electron chi connectivity index (χ1n) is 5.19. The Hall–Kier alpha value is -1.29. The Labute approximate surface area is 103 Å². The SMILES string of the molecule is CCc1nc(Br)cc(Cc2ccncc2)n1. The molecule has 0 saturated carbocycles. The lowest BCUT2D eigenvalue weighted by Gasteiger charge is -2.03. The van der Waals surface area contributed by atoms with Gasteiger partial charge in [0.1, 0.15) is 10.4 Å². The van der Waals surface area contributed by atoms with Gasteiger partial charge in [-0.1, -0.05) is 6.92 Å². The number of aromatic nitrogens is 3. The lowest BCUT2D eigenvalue weighted by atomic mass is 10.1. The molecule has 4 heteroatoms. The third kappa shape index (κ3) is 2.85. The van der Waals surface area contributed by atoms with Crippen LogP contribution in [-0.4, -0.2) is 15.0 Å². The van der Waals surface area contributed by atoms with Crippen LogP contribution in [0.3, 0.4) is 0 Å². The fourth-order valence-corrected chi connectivity index (χ4v) is 1.94. The predicted molar refractivity (Wildman–Crippen MR) is 66.2 cm³/mol. The maximum atomic E-state index is 4.49. The van der Waals surface area contributed by atoms with E-state index in [2.05, 4.69) is 37.8 Å². The first kappa shape index (κ1) is 11.2. The van der Waals surface area contributed by atoms with Crippen LogP contribution in [0, 0.1) is 0 Å². The van der Waals surface area contributed by atoms with E-state index >= 15 is 0 Å². The van der Waals surface area contributed by atoms with Gasteiger partial charge in [-0.25, -0.2) is 9.97 Å². The highest BCUT2D eigenvalue weighted by Gasteiger charge is 2.02. The molecule has 0 aliphatic carbocycles. The van der Waals surface area contributed by atoms with Crippen molar-refractivity contribution in [3.63, 3.8) is 0 Å². The molecule has 0 aromatic carbocycles. The van der Waals surface area contributed by atoms with Gasteiger partial charge in [-0.05, 0) is 39.7 Å². The first-order valence-corrected chi connectivity index (χ1v) is 5.98. The zero-order valence-corrected chi connectivity index (χ0v) is 10.6. The molecule has 82 valence electrons. The molecule has 16 heavy (non-hydrogen) atoms. The highest BCUT2D eigenvalue weighted by Crippen LogP contribution is 2.12. The van der Waals surface area contributed by atoms with Crippen LogP contribution < -0.4 is 0 Å². The first-order chi connectivity index (χ1) is 7.78. The highest BCUT2D eigenvalue weighted by molar-refractivity contribution is 9.10. The third-order valence-electron chi connectivity index (χ3n) is 2.25. The Morgan fingerprint density at radius 3 is 2.62 bits per heavy atom. The third-order valence-corrected chi connectivity index (χ3v) is 2.65. The second-order valence-electron chi connectivity index (χ2n) is 3.48. The summed E-state index contributed by atoms with van der Waals surface area (Å²) in [6, 6.07) is 5.96. The Kier molecular flexibility index (Phi) is 3.62. The molecule has 3 nitrogen and oxygen atoms in total. The van der Waals surface area contributed by atoms with Crippen molar-refractivity contribution in [2.45, 2.75) is 19.8 Å². The van der Waals surface area contributed by atoms with Gasteiger partial charge in [0.25, 0.3) is 0 Å². The summed E-state index contributed by atoms with van der Waals surface area (Å²) in [4.78, 5) is 12.8. The van der Waals surface area contributed by atoms with Crippen LogP contribution in [0.5, 0.6) is 0 Å². The zero-order chi connectivity index (χ0) is 11.4. The van der Waals surface area contributed by atoms with Crippen molar-refractivity contribution in [3.8, 4) is 0 Å². The second-order valence-corrected chi connectivity index (χ2v) is 4.30. The van der Waals surface area contributed by atoms with E-state index < -0.39 is 0 Å². The van der Waals surface area contributed by atoms with Gasteiger partial charge < -0.3 is 0 Å². The molecule has 2 rings (SSSR count). The van der Waals surface area contributed by atoms with E-state index in [1.807, 2.05) is 18.2 Å². The zero-order valence-electron chi connectivity index (χ0n) is 9.02. The van der Waals surface area contributed by atoms with Gasteiger partial charge in [-0.3, -0.25) is 4.98 Å². The fourth-order valence-electron chi connectivity index (χ4n) is 1.47. The quantitative estimate of drug-likeness (QED) is 0.810. The van der Waals surface area contributed by atoms with Crippen LogP contribution in [0.4, 0.5) is 0 Å². The maximum absolute atomic E-state index is 4.49. The monoisotopic (exact) mass is 277 g/mol. The lowest BCUT2D eigenvalue weighted by molar-refractivity contribution is 0.886. The largest absolute Gasteiger partial charge is 0.265 e. The number of aryl methyl sites for hydroxylation is 1. The van der Waals surface area contributed by atoms with E-state index in [1.54, 1.807) is 12.4 Å². The molecule has 2 heterocycles. The van der Waals surface area contributed by atoms with Crippen LogP contribution in [0.2, 0.25) is 0 Å². The smallest absolute Gasteiger partial charge is 0.129 e. The van der Waals surface area contributed by atoms with E-state index in [0.29, 0.717) is 0 Å². The molecule has 0 unspecified atom stereocenters. The standard InChI is InChI=1S/C12H12BrN3/c1-2-12-15-10(8-11(13)16-12)7-9-3-5-14-6-4-9/h3-6,8H,2,7H2,1H3. The molecule has 0 amide bonds. The molecular weight excluding hydrogens is 266 g/mol. The number of pyridine rings is 1. The highest BCUT2D eigenvalue weighted by atomic mass is 79.9.